The number of hydrogen-bond donors (Lipinski definition) is 1. The monoisotopic (exact) mass is 409 g/mol. The van der Waals surface area contributed by atoms with Gasteiger partial charge in [-0.2, -0.15) is 0 Å². The second-order valence-corrected chi connectivity index (χ2v) is 7.81. The fourth-order valence-electron chi connectivity index (χ4n) is 4.25. The van der Waals surface area contributed by atoms with E-state index in [0.717, 1.165) is 38.0 Å². The zero-order chi connectivity index (χ0) is 19.4. The number of piperidine rings is 1. The van der Waals surface area contributed by atoms with Crippen molar-refractivity contribution in [1.29, 1.82) is 0 Å². The van der Waals surface area contributed by atoms with Crippen molar-refractivity contribution < 1.29 is 14.3 Å². The van der Waals surface area contributed by atoms with Crippen molar-refractivity contribution in [3.63, 3.8) is 0 Å². The molecule has 6 nitrogen and oxygen atoms in total. The SMILES string of the molecule is CNCC1CCN(C(=O)[C@H]2OCC(=O)N(C(C)C)[C@@H]2c2ccccc2)CC1.Cl. The van der Waals surface area contributed by atoms with Gasteiger partial charge in [-0.05, 0) is 51.8 Å². The molecule has 1 aromatic carbocycles. The lowest BCUT2D eigenvalue weighted by atomic mass is 9.93. The summed E-state index contributed by atoms with van der Waals surface area (Å²) in [6.45, 7) is 6.44. The first kappa shape index (κ1) is 22.7. The number of amides is 2. The minimum absolute atomic E-state index is 0. The summed E-state index contributed by atoms with van der Waals surface area (Å²) in [6.07, 6.45) is 1.36. The number of halogens is 1. The Kier molecular flexibility index (Phi) is 8.28. The highest BCUT2D eigenvalue weighted by atomic mass is 35.5. The molecular weight excluding hydrogens is 378 g/mol. The Bertz CT molecular complexity index is 648. The first-order valence-corrected chi connectivity index (χ1v) is 9.94. The van der Waals surface area contributed by atoms with Gasteiger partial charge in [-0.15, -0.1) is 12.4 Å². The van der Waals surface area contributed by atoms with Crippen LogP contribution >= 0.6 is 12.4 Å². The van der Waals surface area contributed by atoms with Gasteiger partial charge in [0.25, 0.3) is 5.91 Å². The Labute approximate surface area is 174 Å². The van der Waals surface area contributed by atoms with Crippen LogP contribution in [0.2, 0.25) is 0 Å². The van der Waals surface area contributed by atoms with Crippen LogP contribution in [-0.2, 0) is 14.3 Å². The molecule has 0 aromatic heterocycles. The number of ether oxygens (including phenoxy) is 1. The van der Waals surface area contributed by atoms with E-state index in [9.17, 15) is 9.59 Å². The van der Waals surface area contributed by atoms with Crippen molar-refractivity contribution in [3.8, 4) is 0 Å². The molecule has 0 unspecified atom stereocenters. The maximum atomic E-state index is 13.3. The zero-order valence-corrected chi connectivity index (χ0v) is 17.8. The Hall–Kier alpha value is -1.63. The highest BCUT2D eigenvalue weighted by Gasteiger charge is 2.44. The number of carbonyl (C=O) groups is 2. The van der Waals surface area contributed by atoms with Crippen LogP contribution in [0.1, 0.15) is 38.3 Å². The lowest BCUT2D eigenvalue weighted by Crippen LogP contribution is -2.57. The van der Waals surface area contributed by atoms with Gasteiger partial charge in [0.2, 0.25) is 5.91 Å². The summed E-state index contributed by atoms with van der Waals surface area (Å²) in [5.74, 6) is 0.561. The number of benzene rings is 1. The Morgan fingerprint density at radius 3 is 2.43 bits per heavy atom. The van der Waals surface area contributed by atoms with Crippen molar-refractivity contribution in [2.24, 2.45) is 5.92 Å². The van der Waals surface area contributed by atoms with E-state index in [1.54, 1.807) is 0 Å². The van der Waals surface area contributed by atoms with Gasteiger partial charge in [-0.1, -0.05) is 30.3 Å². The third kappa shape index (κ3) is 4.85. The van der Waals surface area contributed by atoms with Crippen LogP contribution in [0.15, 0.2) is 30.3 Å². The van der Waals surface area contributed by atoms with Crippen molar-refractivity contribution in [2.75, 3.05) is 33.3 Å². The molecule has 2 atom stereocenters. The Morgan fingerprint density at radius 2 is 1.86 bits per heavy atom. The van der Waals surface area contributed by atoms with Gasteiger partial charge in [0.05, 0.1) is 6.04 Å². The third-order valence-electron chi connectivity index (χ3n) is 5.62. The number of rotatable bonds is 5. The summed E-state index contributed by atoms with van der Waals surface area (Å²) in [6, 6.07) is 9.40. The van der Waals surface area contributed by atoms with Gasteiger partial charge < -0.3 is 19.9 Å². The summed E-state index contributed by atoms with van der Waals surface area (Å²) in [7, 11) is 1.97. The largest absolute Gasteiger partial charge is 0.356 e. The van der Waals surface area contributed by atoms with Gasteiger partial charge in [0, 0.05) is 19.1 Å². The van der Waals surface area contributed by atoms with E-state index in [-0.39, 0.29) is 42.9 Å². The minimum Gasteiger partial charge on any atom is -0.356 e. The molecule has 2 fully saturated rings. The fourth-order valence-corrected chi connectivity index (χ4v) is 4.25. The predicted octanol–water partition coefficient (Wildman–Crippen LogP) is 2.24. The summed E-state index contributed by atoms with van der Waals surface area (Å²) in [4.78, 5) is 29.6. The highest BCUT2D eigenvalue weighted by molar-refractivity contribution is 5.86. The maximum absolute atomic E-state index is 13.3. The van der Waals surface area contributed by atoms with Crippen LogP contribution < -0.4 is 5.32 Å². The first-order valence-electron chi connectivity index (χ1n) is 9.94. The van der Waals surface area contributed by atoms with Crippen LogP contribution in [-0.4, -0.2) is 67.0 Å². The first-order chi connectivity index (χ1) is 13.0. The number of nitrogens with zero attached hydrogens (tertiary/aromatic N) is 2. The summed E-state index contributed by atoms with van der Waals surface area (Å²) in [5, 5.41) is 3.22. The van der Waals surface area contributed by atoms with E-state index in [1.165, 1.54) is 0 Å². The molecule has 0 aliphatic carbocycles. The molecule has 156 valence electrons. The van der Waals surface area contributed by atoms with E-state index in [4.69, 9.17) is 4.74 Å². The molecule has 0 radical (unpaired) electrons. The predicted molar refractivity (Wildman–Crippen MR) is 111 cm³/mol. The van der Waals surface area contributed by atoms with E-state index in [0.29, 0.717) is 5.92 Å². The maximum Gasteiger partial charge on any atom is 0.254 e. The summed E-state index contributed by atoms with van der Waals surface area (Å²) in [5.41, 5.74) is 0.947. The number of carbonyl (C=O) groups excluding carboxylic acids is 2. The molecule has 2 aliphatic heterocycles. The van der Waals surface area contributed by atoms with E-state index < -0.39 is 6.10 Å². The van der Waals surface area contributed by atoms with Crippen LogP contribution in [0.3, 0.4) is 0 Å². The molecule has 3 rings (SSSR count). The second-order valence-electron chi connectivity index (χ2n) is 7.81. The van der Waals surface area contributed by atoms with E-state index >= 15 is 0 Å². The van der Waals surface area contributed by atoms with Crippen LogP contribution in [0.4, 0.5) is 0 Å². The van der Waals surface area contributed by atoms with Gasteiger partial charge in [-0.25, -0.2) is 0 Å². The van der Waals surface area contributed by atoms with E-state index in [1.807, 2.05) is 61.0 Å². The molecule has 1 N–H and O–H groups in total. The van der Waals surface area contributed by atoms with Crippen LogP contribution in [0.25, 0.3) is 0 Å². The van der Waals surface area contributed by atoms with Gasteiger partial charge >= 0.3 is 0 Å². The lowest BCUT2D eigenvalue weighted by molar-refractivity contribution is -0.172. The molecule has 0 saturated carbocycles. The Balaban J connectivity index is 0.00000280. The average Bonchev–Trinajstić information content (AvgIpc) is 2.68. The third-order valence-corrected chi connectivity index (χ3v) is 5.62. The van der Waals surface area contributed by atoms with Crippen molar-refractivity contribution in [2.45, 2.75) is 44.9 Å². The number of morpholine rings is 1. The molecule has 2 heterocycles. The molecule has 0 bridgehead atoms. The average molecular weight is 410 g/mol. The smallest absolute Gasteiger partial charge is 0.254 e. The zero-order valence-electron chi connectivity index (χ0n) is 17.0. The minimum atomic E-state index is -0.645. The number of hydrogen-bond acceptors (Lipinski definition) is 4. The van der Waals surface area contributed by atoms with Crippen molar-refractivity contribution in [3.05, 3.63) is 35.9 Å². The molecule has 2 amide bonds. The molecule has 7 heteroatoms. The number of nitrogens with one attached hydrogen (secondary N) is 1. The van der Waals surface area contributed by atoms with Crippen LogP contribution in [0.5, 0.6) is 0 Å². The van der Waals surface area contributed by atoms with Gasteiger partial charge in [0.1, 0.15) is 6.61 Å². The van der Waals surface area contributed by atoms with Crippen molar-refractivity contribution in [1.82, 2.24) is 15.1 Å². The Morgan fingerprint density at radius 1 is 1.21 bits per heavy atom. The van der Waals surface area contributed by atoms with Gasteiger partial charge in [-0.3, -0.25) is 9.59 Å². The number of likely N-dealkylation sites (tertiary alicyclic amines) is 1. The normalized spacial score (nSPS) is 23.6. The lowest BCUT2D eigenvalue weighted by Gasteiger charge is -2.44. The molecule has 0 spiro atoms. The fraction of sp³-hybridized carbons (Fsp3) is 0.619. The second kappa shape index (κ2) is 10.2. The molecule has 2 aliphatic rings. The molecule has 28 heavy (non-hydrogen) atoms. The van der Waals surface area contributed by atoms with E-state index in [2.05, 4.69) is 5.32 Å². The topological polar surface area (TPSA) is 61.9 Å². The quantitative estimate of drug-likeness (QED) is 0.810. The highest BCUT2D eigenvalue weighted by Crippen LogP contribution is 2.33. The molecule has 1 aromatic rings. The van der Waals surface area contributed by atoms with Crippen molar-refractivity contribution >= 4 is 24.2 Å². The summed E-state index contributed by atoms with van der Waals surface area (Å²) < 4.78 is 5.83. The van der Waals surface area contributed by atoms with Gasteiger partial charge in [0.15, 0.2) is 6.10 Å². The van der Waals surface area contributed by atoms with Crippen LogP contribution in [0, 0.1) is 5.92 Å². The summed E-state index contributed by atoms with van der Waals surface area (Å²) >= 11 is 0. The molecular formula is C21H32ClN3O3. The molecule has 2 saturated heterocycles. The standard InChI is InChI=1S/C21H31N3O3.ClH/c1-15(2)24-18(25)14-27-20(19(24)17-7-5-4-6-8-17)21(26)23-11-9-16(10-12-23)13-22-3;/h4-8,15-16,19-20,22H,9-14H2,1-3H3;1H/t19-,20+;/m1./s1.